The van der Waals surface area contributed by atoms with Crippen LogP contribution in [0.15, 0.2) is 12.2 Å². The highest BCUT2D eigenvalue weighted by atomic mass is 28.4. The third-order valence-electron chi connectivity index (χ3n) is 6.51. The Balaban J connectivity index is 3.02. The minimum Gasteiger partial charge on any atom is -0.410 e. The fraction of sp³-hybridized carbons (Fsp3) is 0.913. The molecule has 1 N–H and O–H groups in total. The van der Waals surface area contributed by atoms with Crippen LogP contribution in [0.25, 0.3) is 0 Å². The molecule has 0 spiro atoms. The molecule has 1 unspecified atom stereocenters. The predicted octanol–water partition coefficient (Wildman–Crippen LogP) is 5.91. The van der Waals surface area contributed by atoms with Crippen LogP contribution in [-0.4, -0.2) is 45.1 Å². The predicted molar refractivity (Wildman–Crippen MR) is 120 cm³/mol. The quantitative estimate of drug-likeness (QED) is 0.396. The third kappa shape index (κ3) is 7.90. The summed E-state index contributed by atoms with van der Waals surface area (Å²) in [7, 11) is -0.185. The van der Waals surface area contributed by atoms with Gasteiger partial charge in [-0.1, -0.05) is 53.7 Å². The first kappa shape index (κ1) is 25.8. The third-order valence-corrected chi connectivity index (χ3v) is 11.0. The molecular formula is C23H46O4Si. The van der Waals surface area contributed by atoms with E-state index in [-0.39, 0.29) is 23.2 Å². The summed E-state index contributed by atoms with van der Waals surface area (Å²) in [5.74, 6) is 0.236. The van der Waals surface area contributed by atoms with Gasteiger partial charge in [-0.25, -0.2) is 0 Å². The number of aliphatic hydroxyl groups excluding tert-OH is 1. The van der Waals surface area contributed by atoms with Gasteiger partial charge in [-0.2, -0.15) is 0 Å². The first-order valence-electron chi connectivity index (χ1n) is 11.0. The molecule has 1 heterocycles. The molecule has 1 fully saturated rings. The van der Waals surface area contributed by atoms with Crippen LogP contribution in [0.3, 0.4) is 0 Å². The normalized spacial score (nSPS) is 29.1. The van der Waals surface area contributed by atoms with Gasteiger partial charge < -0.3 is 19.0 Å². The van der Waals surface area contributed by atoms with E-state index in [9.17, 15) is 5.11 Å². The van der Waals surface area contributed by atoms with Crippen molar-refractivity contribution in [1.29, 1.82) is 0 Å². The highest BCUT2D eigenvalue weighted by Crippen LogP contribution is 2.39. The lowest BCUT2D eigenvalue weighted by atomic mass is 9.90. The number of allylic oxidation sites excluding steroid dienone is 1. The molecule has 1 rings (SSSR count). The number of ether oxygens (including phenoxy) is 2. The molecule has 166 valence electrons. The summed E-state index contributed by atoms with van der Waals surface area (Å²) >= 11 is 0. The fourth-order valence-corrected chi connectivity index (χ4v) is 4.55. The van der Waals surface area contributed by atoms with E-state index < -0.39 is 14.1 Å². The molecule has 0 aliphatic carbocycles. The Bertz CT molecular complexity index is 483. The molecule has 0 amide bonds. The van der Waals surface area contributed by atoms with Gasteiger partial charge in [-0.3, -0.25) is 0 Å². The molecule has 0 bridgehead atoms. The summed E-state index contributed by atoms with van der Waals surface area (Å²) in [6, 6.07) is 0. The molecule has 28 heavy (non-hydrogen) atoms. The average molecular weight is 415 g/mol. The number of hydrogen-bond acceptors (Lipinski definition) is 4. The maximum atomic E-state index is 10.2. The van der Waals surface area contributed by atoms with E-state index in [0.717, 1.165) is 19.3 Å². The van der Waals surface area contributed by atoms with Gasteiger partial charge in [0.2, 0.25) is 0 Å². The Kier molecular flexibility index (Phi) is 9.89. The summed E-state index contributed by atoms with van der Waals surface area (Å²) in [5, 5.41) is 10.3. The lowest BCUT2D eigenvalue weighted by molar-refractivity contribution is -0.247. The van der Waals surface area contributed by atoms with Crippen molar-refractivity contribution in [2.75, 3.05) is 13.7 Å². The Morgan fingerprint density at radius 3 is 2.43 bits per heavy atom. The number of methoxy groups -OCH3 is 1. The molecule has 4 nitrogen and oxygen atoms in total. The van der Waals surface area contributed by atoms with Crippen molar-refractivity contribution in [3.8, 4) is 0 Å². The maximum Gasteiger partial charge on any atom is 0.192 e. The van der Waals surface area contributed by atoms with E-state index in [1.54, 1.807) is 7.11 Å². The van der Waals surface area contributed by atoms with Crippen LogP contribution in [0.4, 0.5) is 0 Å². The molecule has 0 saturated carbocycles. The van der Waals surface area contributed by atoms with E-state index in [2.05, 4.69) is 66.8 Å². The summed E-state index contributed by atoms with van der Waals surface area (Å²) in [5.41, 5.74) is 0. The molecule has 0 radical (unpaired) electrons. The van der Waals surface area contributed by atoms with Gasteiger partial charge in [-0.05, 0) is 49.2 Å². The topological polar surface area (TPSA) is 47.9 Å². The van der Waals surface area contributed by atoms with Crippen LogP contribution < -0.4 is 0 Å². The van der Waals surface area contributed by atoms with Gasteiger partial charge in [0.1, 0.15) is 0 Å². The first-order valence-corrected chi connectivity index (χ1v) is 13.9. The molecule has 0 aromatic heterocycles. The van der Waals surface area contributed by atoms with Crippen molar-refractivity contribution in [2.45, 2.75) is 110 Å². The summed E-state index contributed by atoms with van der Waals surface area (Å²) < 4.78 is 18.9. The Morgan fingerprint density at radius 1 is 1.25 bits per heavy atom. The van der Waals surface area contributed by atoms with Crippen molar-refractivity contribution in [3.63, 3.8) is 0 Å². The van der Waals surface area contributed by atoms with Crippen LogP contribution in [0.5, 0.6) is 0 Å². The highest BCUT2D eigenvalue weighted by Gasteiger charge is 2.42. The minimum atomic E-state index is -1.92. The fourth-order valence-electron chi connectivity index (χ4n) is 3.28. The van der Waals surface area contributed by atoms with Gasteiger partial charge >= 0.3 is 0 Å². The van der Waals surface area contributed by atoms with Crippen LogP contribution in [0.1, 0.15) is 73.6 Å². The summed E-state index contributed by atoms with van der Waals surface area (Å²) in [6.07, 6.45) is 8.20. The number of aliphatic hydroxyl groups is 1. The maximum absolute atomic E-state index is 10.2. The lowest BCUT2D eigenvalue weighted by Gasteiger charge is -2.42. The summed E-state index contributed by atoms with van der Waals surface area (Å²) in [4.78, 5) is 0. The second kappa shape index (κ2) is 10.7. The lowest BCUT2D eigenvalue weighted by Crippen LogP contribution is -2.47. The monoisotopic (exact) mass is 414 g/mol. The van der Waals surface area contributed by atoms with Crippen molar-refractivity contribution >= 4 is 8.32 Å². The van der Waals surface area contributed by atoms with Crippen molar-refractivity contribution in [1.82, 2.24) is 0 Å². The van der Waals surface area contributed by atoms with E-state index >= 15 is 0 Å². The van der Waals surface area contributed by atoms with E-state index in [1.807, 2.05) is 0 Å². The molecule has 1 saturated heterocycles. The second-order valence-corrected chi connectivity index (χ2v) is 15.3. The SMILES string of the molecule is COC1(C[C@H](/C=C/CC(C)C)O[Si](C)(C)C(C)(C)C)CC[C@H](C)[C@H](O)CCO1. The number of hydrogen-bond donors (Lipinski definition) is 1. The zero-order valence-corrected chi connectivity index (χ0v) is 20.9. The molecule has 1 aliphatic rings. The van der Waals surface area contributed by atoms with E-state index in [4.69, 9.17) is 13.9 Å². The van der Waals surface area contributed by atoms with Gasteiger partial charge in [0.05, 0.1) is 18.8 Å². The van der Waals surface area contributed by atoms with Gasteiger partial charge in [0.15, 0.2) is 14.1 Å². The smallest absolute Gasteiger partial charge is 0.192 e. The number of rotatable bonds is 8. The summed E-state index contributed by atoms with van der Waals surface area (Å²) in [6.45, 7) is 18.5. The van der Waals surface area contributed by atoms with Gasteiger partial charge in [0, 0.05) is 20.0 Å². The molecular weight excluding hydrogens is 368 g/mol. The van der Waals surface area contributed by atoms with Crippen molar-refractivity contribution < 1.29 is 19.0 Å². The van der Waals surface area contributed by atoms with Crippen LogP contribution in [0, 0.1) is 11.8 Å². The zero-order valence-electron chi connectivity index (χ0n) is 19.9. The largest absolute Gasteiger partial charge is 0.410 e. The van der Waals surface area contributed by atoms with Crippen molar-refractivity contribution in [2.24, 2.45) is 11.8 Å². The van der Waals surface area contributed by atoms with E-state index in [1.165, 1.54) is 0 Å². The first-order chi connectivity index (χ1) is 12.8. The van der Waals surface area contributed by atoms with E-state index in [0.29, 0.717) is 25.4 Å². The van der Waals surface area contributed by atoms with Gasteiger partial charge in [-0.15, -0.1) is 0 Å². The van der Waals surface area contributed by atoms with Crippen LogP contribution in [-0.2, 0) is 13.9 Å². The average Bonchev–Trinajstić information content (AvgIpc) is 2.56. The minimum absolute atomic E-state index is 0.0285. The molecule has 1 aliphatic heterocycles. The Hall–Kier alpha value is -0.203. The van der Waals surface area contributed by atoms with Crippen LogP contribution in [0.2, 0.25) is 18.1 Å². The van der Waals surface area contributed by atoms with Gasteiger partial charge in [0.25, 0.3) is 0 Å². The second-order valence-electron chi connectivity index (χ2n) is 10.5. The zero-order chi connectivity index (χ0) is 21.6. The Morgan fingerprint density at radius 2 is 1.89 bits per heavy atom. The molecule has 0 aromatic rings. The van der Waals surface area contributed by atoms with Crippen LogP contribution >= 0.6 is 0 Å². The molecule has 5 heteroatoms. The molecule has 4 atom stereocenters. The highest BCUT2D eigenvalue weighted by molar-refractivity contribution is 6.74. The Labute approximate surface area is 175 Å². The molecule has 0 aromatic carbocycles. The standard InChI is InChI=1S/C23H46O4Si/c1-18(2)11-10-12-20(27-28(8,9)22(4,5)6)17-23(25-7)15-13-19(3)21(24)14-16-26-23/h10,12,18-21,24H,11,13-17H2,1-9H3/b12-10+/t19-,20-,21+,23?/m0/s1. The van der Waals surface area contributed by atoms with Crippen molar-refractivity contribution in [3.05, 3.63) is 12.2 Å².